The number of carbonyl (C=O) groups is 1. The molecule has 0 saturated heterocycles. The van der Waals surface area contributed by atoms with E-state index in [0.717, 1.165) is 5.76 Å². The van der Waals surface area contributed by atoms with Crippen molar-refractivity contribution in [3.05, 3.63) is 23.7 Å². The molecule has 100 valence electrons. The Bertz CT molecular complexity index is 458. The maximum atomic E-state index is 12.1. The van der Waals surface area contributed by atoms with Gasteiger partial charge in [0.15, 0.2) is 0 Å². The van der Waals surface area contributed by atoms with Crippen molar-refractivity contribution in [3.63, 3.8) is 0 Å². The number of rotatable bonds is 2. The highest BCUT2D eigenvalue weighted by Crippen LogP contribution is 2.52. The van der Waals surface area contributed by atoms with Crippen LogP contribution in [-0.2, 0) is 0 Å². The molecule has 1 aliphatic carbocycles. The van der Waals surface area contributed by atoms with Gasteiger partial charge in [0.25, 0.3) is 5.91 Å². The van der Waals surface area contributed by atoms with Crippen LogP contribution in [0, 0.1) is 17.8 Å². The van der Waals surface area contributed by atoms with Crippen molar-refractivity contribution < 1.29 is 9.21 Å². The Kier molecular flexibility index (Phi) is 2.81. The minimum absolute atomic E-state index is 0.0720. The lowest BCUT2D eigenvalue weighted by atomic mass is 9.48. The highest BCUT2D eigenvalue weighted by atomic mass is 16.3. The summed E-state index contributed by atoms with van der Waals surface area (Å²) in [4.78, 5) is 12.1. The second-order valence-electron chi connectivity index (χ2n) is 6.47. The molecule has 4 heteroatoms. The van der Waals surface area contributed by atoms with E-state index in [2.05, 4.69) is 33.0 Å². The van der Waals surface area contributed by atoms with Crippen LogP contribution in [0.2, 0.25) is 0 Å². The number of nitrogens with two attached hydrogens (primary N) is 1. The van der Waals surface area contributed by atoms with E-state index in [0.29, 0.717) is 5.56 Å². The Hall–Kier alpha value is -1.29. The quantitative estimate of drug-likeness (QED) is 0.844. The molecule has 0 spiro atoms. The van der Waals surface area contributed by atoms with Gasteiger partial charge in [-0.3, -0.25) is 4.79 Å². The monoisotopic (exact) mass is 250 g/mol. The van der Waals surface area contributed by atoms with Gasteiger partial charge in [-0.1, -0.05) is 27.7 Å². The molecule has 0 aromatic carbocycles. The summed E-state index contributed by atoms with van der Waals surface area (Å²) >= 11 is 0. The molecule has 0 unspecified atom stereocenters. The number of hydrogen-bond donors (Lipinski definition) is 2. The van der Waals surface area contributed by atoms with Crippen LogP contribution in [0.1, 0.15) is 43.8 Å². The van der Waals surface area contributed by atoms with Crippen molar-refractivity contribution in [2.75, 3.05) is 0 Å². The molecule has 0 bridgehead atoms. The maximum Gasteiger partial charge on any atom is 0.254 e. The van der Waals surface area contributed by atoms with Gasteiger partial charge < -0.3 is 15.5 Å². The van der Waals surface area contributed by atoms with Crippen molar-refractivity contribution in [1.82, 2.24) is 5.32 Å². The molecule has 0 radical (unpaired) electrons. The number of amides is 1. The van der Waals surface area contributed by atoms with E-state index in [1.165, 1.54) is 6.26 Å². The molecule has 3 N–H and O–H groups in total. The maximum absolute atomic E-state index is 12.1. The Labute approximate surface area is 108 Å². The van der Waals surface area contributed by atoms with Gasteiger partial charge >= 0.3 is 0 Å². The highest BCUT2D eigenvalue weighted by Gasteiger charge is 2.60. The number of furan rings is 1. The predicted molar refractivity (Wildman–Crippen MR) is 70.2 cm³/mol. The van der Waals surface area contributed by atoms with Gasteiger partial charge in [-0.15, -0.1) is 0 Å². The molecule has 0 aliphatic heterocycles. The zero-order valence-electron chi connectivity index (χ0n) is 11.7. The summed E-state index contributed by atoms with van der Waals surface area (Å²) in [6.45, 7) is 10.2. The number of nitrogens with one attached hydrogen (secondary N) is 1. The lowest BCUT2D eigenvalue weighted by Gasteiger charge is -2.62. The van der Waals surface area contributed by atoms with E-state index in [-0.39, 0.29) is 28.8 Å². The van der Waals surface area contributed by atoms with E-state index in [1.54, 1.807) is 6.07 Å². The number of aryl methyl sites for hydroxylation is 1. The van der Waals surface area contributed by atoms with E-state index >= 15 is 0 Å². The average Bonchev–Trinajstić information content (AvgIpc) is 2.71. The third kappa shape index (κ3) is 1.75. The van der Waals surface area contributed by atoms with Crippen LogP contribution in [0.4, 0.5) is 0 Å². The zero-order valence-corrected chi connectivity index (χ0v) is 11.7. The van der Waals surface area contributed by atoms with Crippen LogP contribution in [0.15, 0.2) is 16.7 Å². The first-order valence-electron chi connectivity index (χ1n) is 6.29. The van der Waals surface area contributed by atoms with Crippen molar-refractivity contribution in [2.45, 2.75) is 46.7 Å². The lowest BCUT2D eigenvalue weighted by molar-refractivity contribution is -0.0663. The van der Waals surface area contributed by atoms with Crippen LogP contribution < -0.4 is 11.1 Å². The second kappa shape index (κ2) is 3.85. The molecule has 1 saturated carbocycles. The van der Waals surface area contributed by atoms with E-state index < -0.39 is 0 Å². The molecule has 1 amide bonds. The van der Waals surface area contributed by atoms with Gasteiger partial charge in [0, 0.05) is 22.9 Å². The first kappa shape index (κ1) is 13.1. The normalized spacial score (nSPS) is 28.6. The summed E-state index contributed by atoms with van der Waals surface area (Å²) in [6.07, 6.45) is 1.49. The molecular weight excluding hydrogens is 228 g/mol. The topological polar surface area (TPSA) is 68.3 Å². The SMILES string of the molecule is Cc1cc(C(=O)NC2C(C)(C)C(N)C2(C)C)co1. The summed E-state index contributed by atoms with van der Waals surface area (Å²) in [5.41, 5.74) is 6.57. The van der Waals surface area contributed by atoms with Gasteiger partial charge in [-0.25, -0.2) is 0 Å². The standard InChI is InChI=1S/C14H22N2O2/c1-8-6-9(7-18-8)10(17)16-12-13(2,3)11(15)14(12,4)5/h6-7,11-12H,15H2,1-5H3,(H,16,17). The van der Waals surface area contributed by atoms with Gasteiger partial charge in [0.05, 0.1) is 5.56 Å². The minimum Gasteiger partial charge on any atom is -0.469 e. The molecule has 1 aliphatic rings. The smallest absolute Gasteiger partial charge is 0.254 e. The molecule has 1 heterocycles. The average molecular weight is 250 g/mol. The van der Waals surface area contributed by atoms with Gasteiger partial charge in [-0.2, -0.15) is 0 Å². The highest BCUT2D eigenvalue weighted by molar-refractivity contribution is 5.94. The van der Waals surface area contributed by atoms with Crippen LogP contribution in [0.5, 0.6) is 0 Å². The van der Waals surface area contributed by atoms with E-state index in [9.17, 15) is 4.79 Å². The van der Waals surface area contributed by atoms with E-state index in [1.807, 2.05) is 6.92 Å². The molecule has 2 rings (SSSR count). The first-order chi connectivity index (χ1) is 8.17. The van der Waals surface area contributed by atoms with E-state index in [4.69, 9.17) is 10.2 Å². The third-order valence-corrected chi connectivity index (χ3v) is 4.36. The second-order valence-corrected chi connectivity index (χ2v) is 6.47. The summed E-state index contributed by atoms with van der Waals surface area (Å²) in [7, 11) is 0. The Morgan fingerprint density at radius 1 is 1.33 bits per heavy atom. The van der Waals surface area contributed by atoms with Crippen LogP contribution in [0.25, 0.3) is 0 Å². The number of hydrogen-bond acceptors (Lipinski definition) is 3. The molecule has 18 heavy (non-hydrogen) atoms. The zero-order chi connectivity index (χ0) is 13.7. The summed E-state index contributed by atoms with van der Waals surface area (Å²) < 4.78 is 5.16. The lowest BCUT2D eigenvalue weighted by Crippen LogP contribution is -2.76. The fraction of sp³-hybridized carbons (Fsp3) is 0.643. The largest absolute Gasteiger partial charge is 0.469 e. The Balaban J connectivity index is 2.13. The van der Waals surface area contributed by atoms with Crippen molar-refractivity contribution >= 4 is 5.91 Å². The predicted octanol–water partition coefficient (Wildman–Crippen LogP) is 2.08. The Morgan fingerprint density at radius 3 is 2.33 bits per heavy atom. The Morgan fingerprint density at radius 2 is 1.89 bits per heavy atom. The van der Waals surface area contributed by atoms with Gasteiger partial charge in [0.2, 0.25) is 0 Å². The van der Waals surface area contributed by atoms with Crippen LogP contribution in [0.3, 0.4) is 0 Å². The van der Waals surface area contributed by atoms with Crippen LogP contribution >= 0.6 is 0 Å². The fourth-order valence-corrected chi connectivity index (χ4v) is 3.33. The molecule has 4 nitrogen and oxygen atoms in total. The van der Waals surface area contributed by atoms with Crippen LogP contribution in [-0.4, -0.2) is 18.0 Å². The molecule has 1 aromatic heterocycles. The first-order valence-corrected chi connectivity index (χ1v) is 6.29. The summed E-state index contributed by atoms with van der Waals surface area (Å²) in [6, 6.07) is 1.90. The molecular formula is C14H22N2O2. The van der Waals surface area contributed by atoms with Crippen molar-refractivity contribution in [3.8, 4) is 0 Å². The molecule has 0 atom stereocenters. The summed E-state index contributed by atoms with van der Waals surface area (Å²) in [5, 5.41) is 3.08. The van der Waals surface area contributed by atoms with Gasteiger partial charge in [-0.05, 0) is 13.0 Å². The third-order valence-electron chi connectivity index (χ3n) is 4.36. The molecule has 1 fully saturated rings. The van der Waals surface area contributed by atoms with Gasteiger partial charge in [0.1, 0.15) is 12.0 Å². The van der Waals surface area contributed by atoms with Crippen molar-refractivity contribution in [2.24, 2.45) is 16.6 Å². The van der Waals surface area contributed by atoms with Crippen molar-refractivity contribution in [1.29, 1.82) is 0 Å². The summed E-state index contributed by atoms with van der Waals surface area (Å²) in [5.74, 6) is 0.647. The minimum atomic E-state index is -0.0927. The number of carbonyl (C=O) groups excluding carboxylic acids is 1. The molecule has 1 aromatic rings. The fourth-order valence-electron chi connectivity index (χ4n) is 3.33.